The second-order valence-electron chi connectivity index (χ2n) is 6.83. The molecular formula is C16H24N2O3. The monoisotopic (exact) mass is 292 g/mol. The summed E-state index contributed by atoms with van der Waals surface area (Å²) >= 11 is 0. The number of carbonyl (C=O) groups is 1. The molecule has 0 spiro atoms. The topological polar surface area (TPSA) is 84.6 Å². The number of nitrogens with one attached hydrogen (secondary N) is 1. The largest absolute Gasteiger partial charge is 0.508 e. The molecule has 2 rings (SSSR count). The third-order valence-corrected chi connectivity index (χ3v) is 3.51. The summed E-state index contributed by atoms with van der Waals surface area (Å²) in [5.74, 6) is 0.182. The van der Waals surface area contributed by atoms with Gasteiger partial charge in [-0.25, -0.2) is 4.79 Å². The zero-order chi connectivity index (χ0) is 15.7. The van der Waals surface area contributed by atoms with E-state index < -0.39 is 11.7 Å². The van der Waals surface area contributed by atoms with Crippen LogP contribution in [0.3, 0.4) is 0 Å². The standard InChI is InChI=1S/C16H24N2O3/c1-15(2,3)21-14(20)18-13-5-4-12(19)10-11(13)6-7-16(17)8-9-16/h4-5,10,19H,6-9,17H2,1-3H3,(H,18,20). The number of hydrogen-bond acceptors (Lipinski definition) is 4. The van der Waals surface area contributed by atoms with Gasteiger partial charge in [0.25, 0.3) is 0 Å². The molecule has 1 amide bonds. The number of rotatable bonds is 4. The SMILES string of the molecule is CC(C)(C)OC(=O)Nc1ccc(O)cc1CCC1(N)CC1. The summed E-state index contributed by atoms with van der Waals surface area (Å²) in [6, 6.07) is 4.90. The van der Waals surface area contributed by atoms with Crippen LogP contribution in [0.25, 0.3) is 0 Å². The van der Waals surface area contributed by atoms with Gasteiger partial charge in [0.2, 0.25) is 0 Å². The molecular weight excluding hydrogens is 268 g/mol. The number of carbonyl (C=O) groups excluding carboxylic acids is 1. The van der Waals surface area contributed by atoms with Crippen LogP contribution in [-0.4, -0.2) is 22.3 Å². The third-order valence-electron chi connectivity index (χ3n) is 3.51. The van der Waals surface area contributed by atoms with E-state index >= 15 is 0 Å². The highest BCUT2D eigenvalue weighted by atomic mass is 16.6. The lowest BCUT2D eigenvalue weighted by Crippen LogP contribution is -2.27. The fourth-order valence-corrected chi connectivity index (χ4v) is 2.12. The van der Waals surface area contributed by atoms with Gasteiger partial charge < -0.3 is 15.6 Å². The predicted octanol–water partition coefficient (Wildman–Crippen LogP) is 3.16. The van der Waals surface area contributed by atoms with E-state index in [1.165, 1.54) is 0 Å². The molecule has 1 aromatic rings. The minimum atomic E-state index is -0.545. The van der Waals surface area contributed by atoms with E-state index in [1.807, 2.05) is 20.8 Å². The van der Waals surface area contributed by atoms with E-state index in [4.69, 9.17) is 10.5 Å². The van der Waals surface area contributed by atoms with E-state index in [0.29, 0.717) is 5.69 Å². The van der Waals surface area contributed by atoms with Gasteiger partial charge in [0, 0.05) is 11.2 Å². The highest BCUT2D eigenvalue weighted by molar-refractivity contribution is 5.86. The van der Waals surface area contributed by atoms with Gasteiger partial charge in [-0.3, -0.25) is 5.32 Å². The predicted molar refractivity (Wildman–Crippen MR) is 82.4 cm³/mol. The first-order chi connectivity index (χ1) is 9.67. The van der Waals surface area contributed by atoms with Crippen LogP contribution in [-0.2, 0) is 11.2 Å². The van der Waals surface area contributed by atoms with Crippen molar-refractivity contribution in [3.63, 3.8) is 0 Å². The summed E-state index contributed by atoms with van der Waals surface area (Å²) < 4.78 is 5.25. The quantitative estimate of drug-likeness (QED) is 0.744. The molecule has 1 aliphatic rings. The highest BCUT2D eigenvalue weighted by Gasteiger charge is 2.37. The van der Waals surface area contributed by atoms with Crippen LogP contribution < -0.4 is 11.1 Å². The van der Waals surface area contributed by atoms with E-state index in [9.17, 15) is 9.90 Å². The van der Waals surface area contributed by atoms with E-state index in [0.717, 1.165) is 31.2 Å². The Morgan fingerprint density at radius 2 is 2.10 bits per heavy atom. The maximum Gasteiger partial charge on any atom is 0.412 e. The van der Waals surface area contributed by atoms with Crippen molar-refractivity contribution in [3.05, 3.63) is 23.8 Å². The fraction of sp³-hybridized carbons (Fsp3) is 0.562. The maximum atomic E-state index is 11.9. The van der Waals surface area contributed by atoms with Crippen molar-refractivity contribution >= 4 is 11.8 Å². The number of ether oxygens (including phenoxy) is 1. The third kappa shape index (κ3) is 4.93. The van der Waals surface area contributed by atoms with E-state index in [2.05, 4.69) is 5.32 Å². The average Bonchev–Trinajstić information content (AvgIpc) is 3.06. The molecule has 0 radical (unpaired) electrons. The Morgan fingerprint density at radius 1 is 1.43 bits per heavy atom. The van der Waals surface area contributed by atoms with E-state index in [-0.39, 0.29) is 11.3 Å². The lowest BCUT2D eigenvalue weighted by atomic mass is 10.0. The number of amides is 1. The number of aryl methyl sites for hydroxylation is 1. The van der Waals surface area contributed by atoms with Crippen molar-refractivity contribution in [2.75, 3.05) is 5.32 Å². The molecule has 5 nitrogen and oxygen atoms in total. The second kappa shape index (κ2) is 5.56. The number of hydrogen-bond donors (Lipinski definition) is 3. The Bertz CT molecular complexity index is 531. The number of aromatic hydroxyl groups is 1. The van der Waals surface area contributed by atoms with Gasteiger partial charge in [-0.15, -0.1) is 0 Å². The minimum Gasteiger partial charge on any atom is -0.508 e. The molecule has 4 N–H and O–H groups in total. The first-order valence-corrected chi connectivity index (χ1v) is 7.28. The Labute approximate surface area is 125 Å². The number of anilines is 1. The molecule has 0 unspecified atom stereocenters. The number of phenols is 1. The van der Waals surface area contributed by atoms with Gasteiger partial charge in [-0.1, -0.05) is 0 Å². The Morgan fingerprint density at radius 3 is 2.67 bits per heavy atom. The van der Waals surface area contributed by atoms with Gasteiger partial charge in [-0.2, -0.15) is 0 Å². The zero-order valence-electron chi connectivity index (χ0n) is 12.9. The molecule has 0 aliphatic heterocycles. The molecule has 116 valence electrons. The molecule has 1 aromatic carbocycles. The molecule has 1 saturated carbocycles. The van der Waals surface area contributed by atoms with Crippen LogP contribution >= 0.6 is 0 Å². The number of nitrogens with two attached hydrogens (primary N) is 1. The van der Waals surface area contributed by atoms with Crippen LogP contribution in [0, 0.1) is 0 Å². The molecule has 1 fully saturated rings. The lowest BCUT2D eigenvalue weighted by molar-refractivity contribution is 0.0635. The Kier molecular flexibility index (Phi) is 4.14. The molecule has 5 heteroatoms. The van der Waals surface area contributed by atoms with Gasteiger partial charge in [0.05, 0.1) is 0 Å². The summed E-state index contributed by atoms with van der Waals surface area (Å²) in [6.45, 7) is 5.45. The molecule has 1 aliphatic carbocycles. The van der Waals surface area contributed by atoms with Crippen LogP contribution in [0.1, 0.15) is 45.6 Å². The highest BCUT2D eigenvalue weighted by Crippen LogP contribution is 2.37. The number of benzene rings is 1. The van der Waals surface area contributed by atoms with Gasteiger partial charge in [-0.05, 0) is 70.2 Å². The smallest absolute Gasteiger partial charge is 0.412 e. The summed E-state index contributed by atoms with van der Waals surface area (Å²) in [7, 11) is 0. The minimum absolute atomic E-state index is 0.0609. The average molecular weight is 292 g/mol. The lowest BCUT2D eigenvalue weighted by Gasteiger charge is -2.20. The van der Waals surface area contributed by atoms with Crippen molar-refractivity contribution in [1.82, 2.24) is 0 Å². The van der Waals surface area contributed by atoms with Crippen molar-refractivity contribution in [3.8, 4) is 5.75 Å². The van der Waals surface area contributed by atoms with Crippen LogP contribution in [0.5, 0.6) is 5.75 Å². The number of phenolic OH excluding ortho intramolecular Hbond substituents is 1. The molecule has 0 aromatic heterocycles. The van der Waals surface area contributed by atoms with E-state index in [1.54, 1.807) is 18.2 Å². The van der Waals surface area contributed by atoms with Crippen molar-refractivity contribution in [2.24, 2.45) is 5.73 Å². The molecule has 21 heavy (non-hydrogen) atoms. The molecule has 0 saturated heterocycles. The van der Waals surface area contributed by atoms with Gasteiger partial charge in [0.1, 0.15) is 11.4 Å². The first kappa shape index (κ1) is 15.6. The van der Waals surface area contributed by atoms with Crippen molar-refractivity contribution in [1.29, 1.82) is 0 Å². The normalized spacial score (nSPS) is 16.4. The molecule has 0 bridgehead atoms. The van der Waals surface area contributed by atoms with Crippen LogP contribution in [0.2, 0.25) is 0 Å². The Hall–Kier alpha value is -1.75. The van der Waals surface area contributed by atoms with Gasteiger partial charge in [0.15, 0.2) is 0 Å². The summed E-state index contributed by atoms with van der Waals surface area (Å²) in [4.78, 5) is 11.9. The van der Waals surface area contributed by atoms with Crippen molar-refractivity contribution in [2.45, 2.75) is 57.6 Å². The maximum absolute atomic E-state index is 11.9. The molecule has 0 atom stereocenters. The van der Waals surface area contributed by atoms with Crippen molar-refractivity contribution < 1.29 is 14.6 Å². The van der Waals surface area contributed by atoms with Gasteiger partial charge >= 0.3 is 6.09 Å². The summed E-state index contributed by atoms with van der Waals surface area (Å²) in [5.41, 5.74) is 7.02. The first-order valence-electron chi connectivity index (χ1n) is 7.28. The molecule has 0 heterocycles. The van der Waals surface area contributed by atoms with Crippen LogP contribution in [0.15, 0.2) is 18.2 Å². The summed E-state index contributed by atoms with van der Waals surface area (Å²) in [6.07, 6.45) is 3.15. The second-order valence-corrected chi connectivity index (χ2v) is 6.83. The zero-order valence-corrected chi connectivity index (χ0v) is 12.9. The summed E-state index contributed by atoms with van der Waals surface area (Å²) in [5, 5.41) is 12.4. The van der Waals surface area contributed by atoms with Crippen LogP contribution in [0.4, 0.5) is 10.5 Å². The Balaban J connectivity index is 2.05. The fourth-order valence-electron chi connectivity index (χ4n) is 2.12.